The number of benzene rings is 1. The van der Waals surface area contributed by atoms with Crippen LogP contribution in [0.25, 0.3) is 0 Å². The fourth-order valence-corrected chi connectivity index (χ4v) is 2.63. The molecule has 112 valence electrons. The second-order valence-corrected chi connectivity index (χ2v) is 6.02. The largest absolute Gasteiger partial charge is 0.305 e. The van der Waals surface area contributed by atoms with E-state index < -0.39 is 0 Å². The van der Waals surface area contributed by atoms with Crippen LogP contribution in [-0.2, 0) is 0 Å². The van der Waals surface area contributed by atoms with E-state index in [4.69, 9.17) is 11.6 Å². The van der Waals surface area contributed by atoms with Crippen LogP contribution in [0, 0.1) is 20.8 Å². The van der Waals surface area contributed by atoms with Crippen LogP contribution in [-0.4, -0.2) is 11.5 Å². The number of aromatic nitrogens is 1. The van der Waals surface area contributed by atoms with E-state index in [1.54, 1.807) is 6.20 Å². The molecule has 0 aliphatic rings. The van der Waals surface area contributed by atoms with Crippen molar-refractivity contribution in [3.63, 3.8) is 0 Å². The van der Waals surface area contributed by atoms with E-state index in [2.05, 4.69) is 50.1 Å². The number of nitrogens with one attached hydrogen (secondary N) is 1. The summed E-state index contributed by atoms with van der Waals surface area (Å²) in [4.78, 5) is 4.51. The molecule has 0 fully saturated rings. The molecule has 1 aromatic carbocycles. The second-order valence-electron chi connectivity index (χ2n) is 5.58. The van der Waals surface area contributed by atoms with Gasteiger partial charge < -0.3 is 5.32 Å². The zero-order valence-corrected chi connectivity index (χ0v) is 14.0. The normalized spacial score (nSPS) is 12.4. The SMILES string of the molecule is CCCNC(c1ccc(Cl)cn1)c1cc(C)c(C)cc1C. The van der Waals surface area contributed by atoms with E-state index in [1.165, 1.54) is 22.3 Å². The quantitative estimate of drug-likeness (QED) is 0.862. The summed E-state index contributed by atoms with van der Waals surface area (Å²) < 4.78 is 0. The minimum absolute atomic E-state index is 0.113. The van der Waals surface area contributed by atoms with Crippen LogP contribution in [0.5, 0.6) is 0 Å². The van der Waals surface area contributed by atoms with Gasteiger partial charge in [0.2, 0.25) is 0 Å². The Morgan fingerprint density at radius 3 is 2.43 bits per heavy atom. The van der Waals surface area contributed by atoms with Gasteiger partial charge in [-0.3, -0.25) is 4.98 Å². The van der Waals surface area contributed by atoms with Gasteiger partial charge >= 0.3 is 0 Å². The smallest absolute Gasteiger partial charge is 0.0754 e. The molecule has 0 saturated carbocycles. The summed E-state index contributed by atoms with van der Waals surface area (Å²) in [5.41, 5.74) is 6.24. The third kappa shape index (κ3) is 3.84. The van der Waals surface area contributed by atoms with Crippen molar-refractivity contribution >= 4 is 11.6 Å². The Labute approximate surface area is 132 Å². The van der Waals surface area contributed by atoms with Gasteiger partial charge in [0.05, 0.1) is 16.8 Å². The molecule has 0 bridgehead atoms. The van der Waals surface area contributed by atoms with Gasteiger partial charge in [0.15, 0.2) is 0 Å². The van der Waals surface area contributed by atoms with Crippen molar-refractivity contribution in [2.24, 2.45) is 0 Å². The molecule has 0 radical (unpaired) electrons. The molecule has 3 heteroatoms. The summed E-state index contributed by atoms with van der Waals surface area (Å²) in [5.74, 6) is 0. The maximum Gasteiger partial charge on any atom is 0.0754 e. The molecule has 0 amide bonds. The van der Waals surface area contributed by atoms with E-state index in [1.807, 2.05) is 12.1 Å². The van der Waals surface area contributed by atoms with Crippen LogP contribution in [0.15, 0.2) is 30.5 Å². The summed E-state index contributed by atoms with van der Waals surface area (Å²) >= 11 is 5.96. The number of pyridine rings is 1. The van der Waals surface area contributed by atoms with Crippen LogP contribution in [0.2, 0.25) is 5.02 Å². The molecule has 2 nitrogen and oxygen atoms in total. The summed E-state index contributed by atoms with van der Waals surface area (Å²) in [6.07, 6.45) is 2.81. The van der Waals surface area contributed by atoms with E-state index in [0.717, 1.165) is 18.7 Å². The summed E-state index contributed by atoms with van der Waals surface area (Å²) in [5, 5.41) is 4.27. The first-order valence-electron chi connectivity index (χ1n) is 7.45. The maximum atomic E-state index is 5.96. The highest BCUT2D eigenvalue weighted by Gasteiger charge is 2.17. The van der Waals surface area contributed by atoms with Crippen LogP contribution >= 0.6 is 11.6 Å². The molecule has 1 N–H and O–H groups in total. The first-order valence-corrected chi connectivity index (χ1v) is 7.83. The third-order valence-electron chi connectivity index (χ3n) is 3.84. The predicted molar refractivity (Wildman–Crippen MR) is 90.0 cm³/mol. The summed E-state index contributed by atoms with van der Waals surface area (Å²) in [6.45, 7) is 9.61. The Bertz CT molecular complexity index is 605. The Morgan fingerprint density at radius 1 is 1.10 bits per heavy atom. The number of hydrogen-bond donors (Lipinski definition) is 1. The highest BCUT2D eigenvalue weighted by atomic mass is 35.5. The fourth-order valence-electron chi connectivity index (χ4n) is 2.51. The molecule has 2 rings (SSSR count). The van der Waals surface area contributed by atoms with Crippen LogP contribution in [0.3, 0.4) is 0 Å². The average molecular weight is 303 g/mol. The maximum absolute atomic E-state index is 5.96. The Balaban J connectivity index is 2.45. The lowest BCUT2D eigenvalue weighted by atomic mass is 9.93. The zero-order valence-electron chi connectivity index (χ0n) is 13.2. The minimum Gasteiger partial charge on any atom is -0.305 e. The zero-order chi connectivity index (χ0) is 15.4. The lowest BCUT2D eigenvalue weighted by Gasteiger charge is -2.22. The van der Waals surface area contributed by atoms with E-state index in [9.17, 15) is 0 Å². The van der Waals surface area contributed by atoms with Gasteiger partial charge in [-0.1, -0.05) is 30.7 Å². The number of aryl methyl sites for hydroxylation is 3. The van der Waals surface area contributed by atoms with Crippen LogP contribution in [0.1, 0.15) is 47.3 Å². The molecule has 0 spiro atoms. The van der Waals surface area contributed by atoms with Crippen molar-refractivity contribution in [2.45, 2.75) is 40.2 Å². The number of hydrogen-bond acceptors (Lipinski definition) is 2. The van der Waals surface area contributed by atoms with Crippen molar-refractivity contribution in [3.05, 3.63) is 63.4 Å². The van der Waals surface area contributed by atoms with Gasteiger partial charge in [0, 0.05) is 6.20 Å². The van der Waals surface area contributed by atoms with Gasteiger partial charge in [0.1, 0.15) is 0 Å². The van der Waals surface area contributed by atoms with Gasteiger partial charge in [-0.25, -0.2) is 0 Å². The highest BCUT2D eigenvalue weighted by molar-refractivity contribution is 6.30. The molecular formula is C18H23ClN2. The molecule has 21 heavy (non-hydrogen) atoms. The first-order chi connectivity index (χ1) is 10.0. The number of halogens is 1. The van der Waals surface area contributed by atoms with Crippen molar-refractivity contribution in [1.82, 2.24) is 10.3 Å². The van der Waals surface area contributed by atoms with Gasteiger partial charge in [-0.05, 0) is 68.1 Å². The highest BCUT2D eigenvalue weighted by Crippen LogP contribution is 2.27. The Morgan fingerprint density at radius 2 is 1.81 bits per heavy atom. The average Bonchev–Trinajstić information content (AvgIpc) is 2.46. The first kappa shape index (κ1) is 16.0. The fraction of sp³-hybridized carbons (Fsp3) is 0.389. The van der Waals surface area contributed by atoms with Gasteiger partial charge in [0.25, 0.3) is 0 Å². The minimum atomic E-state index is 0.113. The van der Waals surface area contributed by atoms with Crippen LogP contribution < -0.4 is 5.32 Å². The third-order valence-corrected chi connectivity index (χ3v) is 4.06. The molecule has 1 atom stereocenters. The molecule has 0 aliphatic carbocycles. The van der Waals surface area contributed by atoms with Gasteiger partial charge in [-0.2, -0.15) is 0 Å². The van der Waals surface area contributed by atoms with Crippen molar-refractivity contribution in [2.75, 3.05) is 6.54 Å². The van der Waals surface area contributed by atoms with E-state index >= 15 is 0 Å². The standard InChI is InChI=1S/C18H23ClN2/c1-5-8-20-18(17-7-6-15(19)11-21-17)16-10-13(3)12(2)9-14(16)4/h6-7,9-11,18,20H,5,8H2,1-4H3. The monoisotopic (exact) mass is 302 g/mol. The number of rotatable bonds is 5. The predicted octanol–water partition coefficient (Wildman–Crippen LogP) is 4.75. The molecule has 1 unspecified atom stereocenters. The van der Waals surface area contributed by atoms with Gasteiger partial charge in [-0.15, -0.1) is 0 Å². The Hall–Kier alpha value is -1.38. The lowest BCUT2D eigenvalue weighted by Crippen LogP contribution is -2.25. The van der Waals surface area contributed by atoms with Crippen LogP contribution in [0.4, 0.5) is 0 Å². The second kappa shape index (κ2) is 7.06. The van der Waals surface area contributed by atoms with E-state index in [-0.39, 0.29) is 6.04 Å². The summed E-state index contributed by atoms with van der Waals surface area (Å²) in [6, 6.07) is 8.54. The molecule has 1 aromatic heterocycles. The molecule has 1 heterocycles. The number of nitrogens with zero attached hydrogens (tertiary/aromatic N) is 1. The van der Waals surface area contributed by atoms with Crippen molar-refractivity contribution in [3.8, 4) is 0 Å². The topological polar surface area (TPSA) is 24.9 Å². The summed E-state index contributed by atoms with van der Waals surface area (Å²) in [7, 11) is 0. The molecule has 0 saturated heterocycles. The molecule has 0 aliphatic heterocycles. The molecule has 2 aromatic rings. The lowest BCUT2D eigenvalue weighted by molar-refractivity contribution is 0.584. The molecular weight excluding hydrogens is 280 g/mol. The van der Waals surface area contributed by atoms with E-state index in [0.29, 0.717) is 5.02 Å². The Kier molecular flexibility index (Phi) is 5.38. The van der Waals surface area contributed by atoms with Crippen molar-refractivity contribution in [1.29, 1.82) is 0 Å². The van der Waals surface area contributed by atoms with Crippen molar-refractivity contribution < 1.29 is 0 Å².